The fourth-order valence-electron chi connectivity index (χ4n) is 2.96. The summed E-state index contributed by atoms with van der Waals surface area (Å²) in [6, 6.07) is 18.1. The zero-order valence-corrected chi connectivity index (χ0v) is 17.4. The van der Waals surface area contributed by atoms with Crippen molar-refractivity contribution in [3.63, 3.8) is 0 Å². The number of fused-ring (bicyclic) bond motifs is 1. The van der Waals surface area contributed by atoms with Crippen LogP contribution >= 0.6 is 0 Å². The van der Waals surface area contributed by atoms with E-state index in [1.165, 1.54) is 0 Å². The van der Waals surface area contributed by atoms with Crippen molar-refractivity contribution in [2.24, 2.45) is 0 Å². The van der Waals surface area contributed by atoms with E-state index in [4.69, 9.17) is 9.47 Å². The molecule has 1 heterocycles. The first kappa shape index (κ1) is 21.3. The number of hydrogen-bond acceptors (Lipinski definition) is 5. The maximum atomic E-state index is 12.8. The Balaban J connectivity index is 1.74. The highest BCUT2D eigenvalue weighted by Gasteiger charge is 2.26. The lowest BCUT2D eigenvalue weighted by Crippen LogP contribution is -2.45. The van der Waals surface area contributed by atoms with E-state index in [0.29, 0.717) is 0 Å². The van der Waals surface area contributed by atoms with Gasteiger partial charge in [0.05, 0.1) is 5.52 Å². The molecule has 1 amide bonds. The molecule has 3 aromatic rings. The lowest BCUT2D eigenvalue weighted by molar-refractivity contribution is -0.147. The van der Waals surface area contributed by atoms with Crippen LogP contribution in [0.5, 0.6) is 0 Å². The first-order valence-corrected chi connectivity index (χ1v) is 9.84. The predicted molar refractivity (Wildman–Crippen MR) is 115 cm³/mol. The van der Waals surface area contributed by atoms with Crippen LogP contribution in [0.15, 0.2) is 66.9 Å². The van der Waals surface area contributed by atoms with Crippen LogP contribution in [-0.2, 0) is 27.3 Å². The first-order chi connectivity index (χ1) is 14.3. The summed E-state index contributed by atoms with van der Waals surface area (Å²) in [5.41, 5.74) is 1.95. The van der Waals surface area contributed by atoms with Crippen LogP contribution in [0.1, 0.15) is 31.9 Å². The molecule has 0 aliphatic heterocycles. The quantitative estimate of drug-likeness (QED) is 0.614. The van der Waals surface area contributed by atoms with Crippen LogP contribution in [0.3, 0.4) is 0 Å². The van der Waals surface area contributed by atoms with Crippen molar-refractivity contribution in [2.75, 3.05) is 0 Å². The van der Waals surface area contributed by atoms with E-state index in [2.05, 4.69) is 10.3 Å². The minimum atomic E-state index is -0.877. The van der Waals surface area contributed by atoms with Crippen LogP contribution in [0.25, 0.3) is 10.9 Å². The standard InChI is InChI=1S/C24H26N2O4/c1-24(2,3)30-23(28)26-21(22(27)29-16-17-8-5-4-6-9-17)15-18-11-12-20-19(14-18)10-7-13-25-20/h4-14,21H,15-16H2,1-3H3,(H,26,28). The predicted octanol–water partition coefficient (Wildman–Crippen LogP) is 4.41. The molecular weight excluding hydrogens is 380 g/mol. The van der Waals surface area contributed by atoms with Crippen LogP contribution in [0.4, 0.5) is 4.79 Å². The van der Waals surface area contributed by atoms with Crippen LogP contribution < -0.4 is 5.32 Å². The Morgan fingerprint density at radius 3 is 2.50 bits per heavy atom. The fourth-order valence-corrected chi connectivity index (χ4v) is 2.96. The van der Waals surface area contributed by atoms with Crippen molar-refractivity contribution >= 4 is 23.0 Å². The molecule has 0 bridgehead atoms. The summed E-state index contributed by atoms with van der Waals surface area (Å²) < 4.78 is 10.8. The molecule has 156 valence electrons. The number of esters is 1. The Morgan fingerprint density at radius 1 is 1.00 bits per heavy atom. The van der Waals surface area contributed by atoms with E-state index in [1.807, 2.05) is 60.7 Å². The van der Waals surface area contributed by atoms with E-state index in [-0.39, 0.29) is 13.0 Å². The van der Waals surface area contributed by atoms with Gasteiger partial charge >= 0.3 is 12.1 Å². The highest BCUT2D eigenvalue weighted by Crippen LogP contribution is 2.16. The Bertz CT molecular complexity index is 1010. The zero-order chi connectivity index (χ0) is 21.6. The van der Waals surface area contributed by atoms with Crippen molar-refractivity contribution in [2.45, 2.75) is 45.4 Å². The van der Waals surface area contributed by atoms with Gasteiger partial charge in [-0.2, -0.15) is 0 Å². The highest BCUT2D eigenvalue weighted by atomic mass is 16.6. The van der Waals surface area contributed by atoms with Gasteiger partial charge in [0.1, 0.15) is 18.2 Å². The minimum absolute atomic E-state index is 0.133. The molecule has 0 fully saturated rings. The van der Waals surface area contributed by atoms with Gasteiger partial charge in [0.25, 0.3) is 0 Å². The van der Waals surface area contributed by atoms with E-state index in [1.54, 1.807) is 27.0 Å². The van der Waals surface area contributed by atoms with E-state index in [0.717, 1.165) is 22.0 Å². The average molecular weight is 406 g/mol. The molecule has 30 heavy (non-hydrogen) atoms. The van der Waals surface area contributed by atoms with Crippen LogP contribution in [-0.4, -0.2) is 28.7 Å². The molecule has 0 radical (unpaired) electrons. The molecule has 1 aromatic heterocycles. The van der Waals surface area contributed by atoms with Gasteiger partial charge in [0.2, 0.25) is 0 Å². The number of carbonyl (C=O) groups excluding carboxylic acids is 2. The molecule has 2 aromatic carbocycles. The molecule has 3 rings (SSSR count). The molecule has 6 heteroatoms. The summed E-state index contributed by atoms with van der Waals surface area (Å²) >= 11 is 0. The van der Waals surface area contributed by atoms with Gasteiger partial charge in [-0.25, -0.2) is 9.59 Å². The molecule has 0 saturated heterocycles. The van der Waals surface area contributed by atoms with Crippen LogP contribution in [0, 0.1) is 0 Å². The second kappa shape index (κ2) is 9.39. The second-order valence-electron chi connectivity index (χ2n) is 8.03. The van der Waals surface area contributed by atoms with Crippen molar-refractivity contribution in [3.05, 3.63) is 78.0 Å². The number of rotatable bonds is 6. The Hall–Kier alpha value is -3.41. The number of pyridine rings is 1. The van der Waals surface area contributed by atoms with Gasteiger partial charge in [-0.1, -0.05) is 42.5 Å². The molecule has 1 atom stereocenters. The van der Waals surface area contributed by atoms with E-state index >= 15 is 0 Å². The number of ether oxygens (including phenoxy) is 2. The summed E-state index contributed by atoms with van der Waals surface area (Å²) in [5, 5.41) is 3.62. The molecule has 1 N–H and O–H groups in total. The monoisotopic (exact) mass is 406 g/mol. The number of alkyl carbamates (subject to hydrolysis) is 1. The summed E-state index contributed by atoms with van der Waals surface area (Å²) in [4.78, 5) is 29.4. The molecule has 6 nitrogen and oxygen atoms in total. The van der Waals surface area contributed by atoms with E-state index in [9.17, 15) is 9.59 Å². The number of benzene rings is 2. The lowest BCUT2D eigenvalue weighted by atomic mass is 10.0. The zero-order valence-electron chi connectivity index (χ0n) is 17.4. The molecule has 1 unspecified atom stereocenters. The normalized spacial score (nSPS) is 12.2. The number of nitrogens with zero attached hydrogens (tertiary/aromatic N) is 1. The van der Waals surface area contributed by atoms with Crippen molar-refractivity contribution in [1.82, 2.24) is 10.3 Å². The summed E-state index contributed by atoms with van der Waals surface area (Å²) in [7, 11) is 0. The fraction of sp³-hybridized carbons (Fsp3) is 0.292. The number of amides is 1. The Kier molecular flexibility index (Phi) is 6.67. The third-order valence-electron chi connectivity index (χ3n) is 4.31. The third-order valence-corrected chi connectivity index (χ3v) is 4.31. The maximum absolute atomic E-state index is 12.8. The molecular formula is C24H26N2O4. The topological polar surface area (TPSA) is 77.5 Å². The number of aromatic nitrogens is 1. The molecule has 0 saturated carbocycles. The minimum Gasteiger partial charge on any atom is -0.459 e. The summed E-state index contributed by atoms with van der Waals surface area (Å²) in [6.07, 6.45) is 1.35. The van der Waals surface area contributed by atoms with E-state index < -0.39 is 23.7 Å². The number of nitrogens with one attached hydrogen (secondary N) is 1. The highest BCUT2D eigenvalue weighted by molar-refractivity contribution is 5.83. The maximum Gasteiger partial charge on any atom is 0.408 e. The SMILES string of the molecule is CC(C)(C)OC(=O)NC(Cc1ccc2ncccc2c1)C(=O)OCc1ccccc1. The van der Waals surface area contributed by atoms with Crippen molar-refractivity contribution in [1.29, 1.82) is 0 Å². The Morgan fingerprint density at radius 2 is 1.77 bits per heavy atom. The van der Waals surface area contributed by atoms with Gasteiger partial charge in [-0.15, -0.1) is 0 Å². The lowest BCUT2D eigenvalue weighted by Gasteiger charge is -2.23. The number of hydrogen-bond donors (Lipinski definition) is 1. The number of carbonyl (C=O) groups is 2. The van der Waals surface area contributed by atoms with Crippen molar-refractivity contribution in [3.8, 4) is 0 Å². The van der Waals surface area contributed by atoms with Gasteiger partial charge in [0, 0.05) is 18.0 Å². The van der Waals surface area contributed by atoms with Gasteiger partial charge in [0.15, 0.2) is 0 Å². The van der Waals surface area contributed by atoms with Crippen molar-refractivity contribution < 1.29 is 19.1 Å². The Labute approximate surface area is 176 Å². The molecule has 0 spiro atoms. The largest absolute Gasteiger partial charge is 0.459 e. The molecule has 0 aliphatic rings. The second-order valence-corrected chi connectivity index (χ2v) is 8.03. The average Bonchev–Trinajstić information content (AvgIpc) is 2.71. The van der Waals surface area contributed by atoms with Gasteiger partial charge in [-0.3, -0.25) is 4.98 Å². The summed E-state index contributed by atoms with van der Waals surface area (Å²) in [6.45, 7) is 5.44. The smallest absolute Gasteiger partial charge is 0.408 e. The first-order valence-electron chi connectivity index (χ1n) is 9.84. The van der Waals surface area contributed by atoms with Crippen LogP contribution in [0.2, 0.25) is 0 Å². The van der Waals surface area contributed by atoms with Gasteiger partial charge < -0.3 is 14.8 Å². The third kappa shape index (κ3) is 6.30. The molecule has 0 aliphatic carbocycles. The van der Waals surface area contributed by atoms with Gasteiger partial charge in [-0.05, 0) is 50.1 Å². The summed E-state index contributed by atoms with van der Waals surface area (Å²) in [5.74, 6) is -0.518.